The number of hydrogen-bond donors (Lipinski definition) is 0. The van der Waals surface area contributed by atoms with E-state index in [2.05, 4.69) is 46.1 Å². The second-order valence-corrected chi connectivity index (χ2v) is 9.08. The zero-order chi connectivity index (χ0) is 10.5. The van der Waals surface area contributed by atoms with Gasteiger partial charge in [0, 0.05) is 0 Å². The maximum atomic E-state index is 5.82. The summed E-state index contributed by atoms with van der Waals surface area (Å²) in [6.45, 7) is 14.7. The van der Waals surface area contributed by atoms with Crippen LogP contribution in [0.25, 0.3) is 0 Å². The summed E-state index contributed by atoms with van der Waals surface area (Å²) in [6, 6.07) is 0. The van der Waals surface area contributed by atoms with E-state index in [0.29, 0.717) is 5.92 Å². The number of rotatable bonds is 5. The summed E-state index contributed by atoms with van der Waals surface area (Å²) in [5.41, 5.74) is 0. The molecule has 0 heterocycles. The fourth-order valence-electron chi connectivity index (χ4n) is 0.872. The molecule has 2 heteroatoms. The first-order valence-electron chi connectivity index (χ1n) is 4.87. The molecule has 0 fully saturated rings. The maximum absolute atomic E-state index is 5.82. The average molecular weight is 198 g/mol. The molecule has 0 aliphatic heterocycles. The number of allylic oxidation sites excluding steroid dienone is 2. The fourth-order valence-corrected chi connectivity index (χ4v) is 1.75. The molecular weight excluding hydrogens is 176 g/mol. The zero-order valence-electron chi connectivity index (χ0n) is 9.55. The van der Waals surface area contributed by atoms with Gasteiger partial charge < -0.3 is 4.43 Å². The predicted molar refractivity (Wildman–Crippen MR) is 62.2 cm³/mol. The largest absolute Gasteiger partial charge is 0.545 e. The van der Waals surface area contributed by atoms with E-state index in [4.69, 9.17) is 4.43 Å². The van der Waals surface area contributed by atoms with Gasteiger partial charge in [0.25, 0.3) is 0 Å². The third-order valence-corrected chi connectivity index (χ3v) is 2.26. The average Bonchev–Trinajstić information content (AvgIpc) is 1.95. The highest BCUT2D eigenvalue weighted by atomic mass is 28.4. The van der Waals surface area contributed by atoms with Gasteiger partial charge in [0.2, 0.25) is 8.32 Å². The third kappa shape index (κ3) is 7.84. The normalized spacial score (nSPS) is 13.2. The van der Waals surface area contributed by atoms with Gasteiger partial charge in [0.1, 0.15) is 0 Å². The van der Waals surface area contributed by atoms with Crippen molar-refractivity contribution in [1.82, 2.24) is 0 Å². The summed E-state index contributed by atoms with van der Waals surface area (Å²) in [4.78, 5) is 0. The monoisotopic (exact) mass is 198 g/mol. The molecule has 13 heavy (non-hydrogen) atoms. The first-order chi connectivity index (χ1) is 5.85. The Morgan fingerprint density at radius 1 is 1.38 bits per heavy atom. The molecule has 0 aliphatic carbocycles. The summed E-state index contributed by atoms with van der Waals surface area (Å²) in [6.07, 6.45) is 5.00. The fraction of sp³-hybridized carbons (Fsp3) is 0.636. The Bertz CT molecular complexity index is 187. The van der Waals surface area contributed by atoms with Gasteiger partial charge in [-0.15, -0.1) is 0 Å². The van der Waals surface area contributed by atoms with Crippen LogP contribution >= 0.6 is 0 Å². The molecule has 0 bridgehead atoms. The van der Waals surface area contributed by atoms with Crippen molar-refractivity contribution in [3.05, 3.63) is 24.5 Å². The Morgan fingerprint density at radius 3 is 2.23 bits per heavy atom. The van der Waals surface area contributed by atoms with Gasteiger partial charge >= 0.3 is 0 Å². The van der Waals surface area contributed by atoms with Gasteiger partial charge in [-0.05, 0) is 44.1 Å². The van der Waals surface area contributed by atoms with Crippen LogP contribution in [0.1, 0.15) is 20.3 Å². The molecule has 0 aromatic rings. The van der Waals surface area contributed by atoms with Crippen LogP contribution < -0.4 is 0 Å². The zero-order valence-corrected chi connectivity index (χ0v) is 10.6. The van der Waals surface area contributed by atoms with Crippen molar-refractivity contribution in [3.8, 4) is 0 Å². The van der Waals surface area contributed by atoms with Crippen molar-refractivity contribution in [1.29, 1.82) is 0 Å². The molecule has 76 valence electrons. The lowest BCUT2D eigenvalue weighted by Gasteiger charge is -2.20. The van der Waals surface area contributed by atoms with Gasteiger partial charge in [0.15, 0.2) is 0 Å². The third-order valence-electron chi connectivity index (χ3n) is 1.42. The van der Waals surface area contributed by atoms with Crippen LogP contribution in [0, 0.1) is 5.92 Å². The predicted octanol–water partition coefficient (Wildman–Crippen LogP) is 3.95. The first-order valence-corrected chi connectivity index (χ1v) is 8.27. The van der Waals surface area contributed by atoms with Crippen LogP contribution in [-0.2, 0) is 4.43 Å². The molecule has 0 spiro atoms. The molecule has 0 N–H and O–H groups in total. The van der Waals surface area contributed by atoms with Crippen molar-refractivity contribution >= 4 is 8.32 Å². The minimum atomic E-state index is -1.45. The molecule has 0 aromatic carbocycles. The van der Waals surface area contributed by atoms with E-state index in [0.717, 1.165) is 12.2 Å². The van der Waals surface area contributed by atoms with Crippen LogP contribution in [0.5, 0.6) is 0 Å². The number of hydrogen-bond acceptors (Lipinski definition) is 1. The lowest BCUT2D eigenvalue weighted by atomic mass is 10.1. The van der Waals surface area contributed by atoms with Crippen LogP contribution in [0.2, 0.25) is 19.6 Å². The van der Waals surface area contributed by atoms with Crippen LogP contribution in [0.15, 0.2) is 24.5 Å². The lowest BCUT2D eigenvalue weighted by Crippen LogP contribution is -2.24. The highest BCUT2D eigenvalue weighted by Gasteiger charge is 2.16. The molecule has 0 saturated heterocycles. The van der Waals surface area contributed by atoms with Gasteiger partial charge in [-0.3, -0.25) is 0 Å². The Balaban J connectivity index is 4.18. The molecule has 0 amide bonds. The van der Waals surface area contributed by atoms with Crippen molar-refractivity contribution in [3.63, 3.8) is 0 Å². The Labute approximate surface area is 83.6 Å². The molecular formula is C11H22OSi. The Morgan fingerprint density at radius 2 is 1.92 bits per heavy atom. The van der Waals surface area contributed by atoms with Gasteiger partial charge in [-0.25, -0.2) is 0 Å². The molecule has 1 nitrogen and oxygen atoms in total. The summed E-state index contributed by atoms with van der Waals surface area (Å²) in [7, 11) is -1.45. The standard InChI is InChI=1S/C11H22OSi/c1-7-11(9-8-10(2)3)12-13(4,5)6/h7,9-10H,1,8H2,2-6H3/b11-9+. The van der Waals surface area contributed by atoms with Gasteiger partial charge in [-0.2, -0.15) is 0 Å². The highest BCUT2D eigenvalue weighted by molar-refractivity contribution is 6.70. The second kappa shape index (κ2) is 5.27. The molecule has 0 radical (unpaired) electrons. The van der Waals surface area contributed by atoms with E-state index in [1.807, 2.05) is 0 Å². The first kappa shape index (κ1) is 12.5. The Kier molecular flexibility index (Phi) is 5.07. The van der Waals surface area contributed by atoms with Gasteiger partial charge in [-0.1, -0.05) is 20.4 Å². The van der Waals surface area contributed by atoms with E-state index in [9.17, 15) is 0 Å². The van der Waals surface area contributed by atoms with Crippen molar-refractivity contribution in [2.45, 2.75) is 39.9 Å². The summed E-state index contributed by atoms with van der Waals surface area (Å²) < 4.78 is 5.82. The molecule has 0 unspecified atom stereocenters. The van der Waals surface area contributed by atoms with E-state index < -0.39 is 8.32 Å². The van der Waals surface area contributed by atoms with Crippen LogP contribution in [0.3, 0.4) is 0 Å². The van der Waals surface area contributed by atoms with E-state index in [1.165, 1.54) is 0 Å². The van der Waals surface area contributed by atoms with E-state index >= 15 is 0 Å². The summed E-state index contributed by atoms with van der Waals surface area (Å²) >= 11 is 0. The highest BCUT2D eigenvalue weighted by Crippen LogP contribution is 2.13. The molecule has 0 saturated carbocycles. The van der Waals surface area contributed by atoms with E-state index in [1.54, 1.807) is 6.08 Å². The smallest absolute Gasteiger partial charge is 0.242 e. The second-order valence-electron chi connectivity index (χ2n) is 4.65. The summed E-state index contributed by atoms with van der Waals surface area (Å²) in [5, 5.41) is 0. The molecule has 0 aliphatic rings. The van der Waals surface area contributed by atoms with E-state index in [-0.39, 0.29) is 0 Å². The van der Waals surface area contributed by atoms with Crippen molar-refractivity contribution in [2.24, 2.45) is 5.92 Å². The Hall–Kier alpha value is -0.503. The topological polar surface area (TPSA) is 9.23 Å². The van der Waals surface area contributed by atoms with Crippen molar-refractivity contribution < 1.29 is 4.43 Å². The minimum absolute atomic E-state index is 0.681. The molecule has 0 aromatic heterocycles. The van der Waals surface area contributed by atoms with Crippen molar-refractivity contribution in [2.75, 3.05) is 0 Å². The minimum Gasteiger partial charge on any atom is -0.545 e. The van der Waals surface area contributed by atoms with Crippen LogP contribution in [0.4, 0.5) is 0 Å². The van der Waals surface area contributed by atoms with Gasteiger partial charge in [0.05, 0.1) is 5.76 Å². The SMILES string of the molecule is C=C/C(=C\CC(C)C)O[Si](C)(C)C. The lowest BCUT2D eigenvalue weighted by molar-refractivity contribution is 0.436. The summed E-state index contributed by atoms with van der Waals surface area (Å²) in [5.74, 6) is 1.63. The van der Waals surface area contributed by atoms with Crippen LogP contribution in [-0.4, -0.2) is 8.32 Å². The molecule has 0 atom stereocenters. The quantitative estimate of drug-likeness (QED) is 0.369. The molecule has 0 rings (SSSR count). The maximum Gasteiger partial charge on any atom is 0.242 e.